The number of aromatic nitrogens is 2. The maximum atomic E-state index is 8.90. The molecule has 1 atom stereocenters. The molecular weight excluding hydrogens is 194 g/mol. The Morgan fingerprint density at radius 1 is 1.60 bits per heavy atom. The third kappa shape index (κ3) is 3.00. The second-order valence-electron chi connectivity index (χ2n) is 4.09. The molecule has 0 bridgehead atoms. The minimum Gasteiger partial charge on any atom is -0.396 e. The molecule has 5 nitrogen and oxygen atoms in total. The molecule has 0 saturated carbocycles. The van der Waals surface area contributed by atoms with E-state index in [0.717, 1.165) is 26.1 Å². The van der Waals surface area contributed by atoms with E-state index in [-0.39, 0.29) is 0 Å². The smallest absolute Gasteiger partial charge is 0.240 e. The van der Waals surface area contributed by atoms with Crippen LogP contribution >= 0.6 is 0 Å². The molecule has 0 amide bonds. The van der Waals surface area contributed by atoms with Crippen LogP contribution in [0.1, 0.15) is 25.2 Å². The monoisotopic (exact) mass is 211 g/mol. The van der Waals surface area contributed by atoms with Crippen molar-refractivity contribution in [1.29, 1.82) is 0 Å². The van der Waals surface area contributed by atoms with Gasteiger partial charge in [-0.3, -0.25) is 4.90 Å². The zero-order valence-corrected chi connectivity index (χ0v) is 8.80. The van der Waals surface area contributed by atoms with E-state index in [4.69, 9.17) is 9.63 Å². The van der Waals surface area contributed by atoms with Crippen LogP contribution in [0.15, 0.2) is 10.9 Å². The van der Waals surface area contributed by atoms with Crippen LogP contribution in [0.4, 0.5) is 0 Å². The average Bonchev–Trinajstić information content (AvgIpc) is 2.71. The Morgan fingerprint density at radius 3 is 3.27 bits per heavy atom. The van der Waals surface area contributed by atoms with E-state index in [1.807, 2.05) is 0 Å². The number of aliphatic hydroxyl groups excluding tert-OH is 1. The second kappa shape index (κ2) is 5.23. The largest absolute Gasteiger partial charge is 0.396 e. The van der Waals surface area contributed by atoms with Crippen LogP contribution in [0.25, 0.3) is 0 Å². The van der Waals surface area contributed by atoms with E-state index in [9.17, 15) is 0 Å². The van der Waals surface area contributed by atoms with E-state index in [1.165, 1.54) is 19.2 Å². The van der Waals surface area contributed by atoms with Crippen molar-refractivity contribution in [2.24, 2.45) is 5.92 Å². The minimum absolute atomic E-state index is 0.291. The fourth-order valence-corrected chi connectivity index (χ4v) is 2.17. The third-order valence-electron chi connectivity index (χ3n) is 2.91. The Morgan fingerprint density at radius 2 is 2.53 bits per heavy atom. The maximum absolute atomic E-state index is 8.90. The summed E-state index contributed by atoms with van der Waals surface area (Å²) in [6, 6.07) is 0. The topological polar surface area (TPSA) is 62.4 Å². The number of piperidine rings is 1. The minimum atomic E-state index is 0.291. The molecule has 1 unspecified atom stereocenters. The van der Waals surface area contributed by atoms with Gasteiger partial charge in [0, 0.05) is 13.2 Å². The molecule has 0 aliphatic carbocycles. The third-order valence-corrected chi connectivity index (χ3v) is 2.91. The van der Waals surface area contributed by atoms with Gasteiger partial charge >= 0.3 is 0 Å². The van der Waals surface area contributed by atoms with Gasteiger partial charge in [-0.05, 0) is 31.7 Å². The molecule has 0 aromatic carbocycles. The molecule has 2 rings (SSSR count). The van der Waals surface area contributed by atoms with Crippen LogP contribution in [-0.2, 0) is 6.54 Å². The molecule has 15 heavy (non-hydrogen) atoms. The highest BCUT2D eigenvalue weighted by Crippen LogP contribution is 2.20. The predicted octanol–water partition coefficient (Wildman–Crippen LogP) is 0.664. The van der Waals surface area contributed by atoms with Crippen LogP contribution in [-0.4, -0.2) is 39.8 Å². The molecule has 1 N–H and O–H groups in total. The van der Waals surface area contributed by atoms with Gasteiger partial charge in [-0.2, -0.15) is 4.98 Å². The van der Waals surface area contributed by atoms with Gasteiger partial charge in [-0.15, -0.1) is 0 Å². The van der Waals surface area contributed by atoms with E-state index in [2.05, 4.69) is 15.0 Å². The number of nitrogens with zero attached hydrogens (tertiary/aromatic N) is 3. The molecule has 1 aliphatic rings. The van der Waals surface area contributed by atoms with Crippen molar-refractivity contribution in [3.63, 3.8) is 0 Å². The predicted molar refractivity (Wildman–Crippen MR) is 54.0 cm³/mol. The van der Waals surface area contributed by atoms with Gasteiger partial charge in [0.25, 0.3) is 0 Å². The molecule has 1 saturated heterocycles. The molecule has 1 aromatic rings. The fourth-order valence-electron chi connectivity index (χ4n) is 2.17. The molecule has 84 valence electrons. The average molecular weight is 211 g/mol. The van der Waals surface area contributed by atoms with E-state index in [1.54, 1.807) is 0 Å². The summed E-state index contributed by atoms with van der Waals surface area (Å²) in [5, 5.41) is 12.5. The first-order valence-corrected chi connectivity index (χ1v) is 5.47. The molecule has 5 heteroatoms. The number of likely N-dealkylation sites (tertiary alicyclic amines) is 1. The van der Waals surface area contributed by atoms with Gasteiger partial charge in [-0.1, -0.05) is 5.16 Å². The standard InChI is InChI=1S/C10H17N3O2/c14-5-3-9-2-1-4-13(6-9)7-10-11-8-12-15-10/h8-9,14H,1-7H2. The zero-order chi connectivity index (χ0) is 10.5. The van der Waals surface area contributed by atoms with Crippen LogP contribution < -0.4 is 0 Å². The summed E-state index contributed by atoms with van der Waals surface area (Å²) >= 11 is 0. The number of hydrogen-bond acceptors (Lipinski definition) is 5. The van der Waals surface area contributed by atoms with Crippen molar-refractivity contribution >= 4 is 0 Å². The van der Waals surface area contributed by atoms with Crippen LogP contribution in [0.2, 0.25) is 0 Å². The van der Waals surface area contributed by atoms with Crippen LogP contribution in [0, 0.1) is 5.92 Å². The highest BCUT2D eigenvalue weighted by molar-refractivity contribution is 4.79. The Balaban J connectivity index is 1.82. The summed E-state index contributed by atoms with van der Waals surface area (Å²) in [4.78, 5) is 6.33. The SMILES string of the molecule is OCCC1CCCN(Cc2ncno2)C1. The van der Waals surface area contributed by atoms with Crippen molar-refractivity contribution in [1.82, 2.24) is 15.0 Å². The van der Waals surface area contributed by atoms with E-state index >= 15 is 0 Å². The molecule has 2 heterocycles. The Kier molecular flexibility index (Phi) is 3.69. The maximum Gasteiger partial charge on any atom is 0.240 e. The van der Waals surface area contributed by atoms with Crippen molar-refractivity contribution in [3.05, 3.63) is 12.2 Å². The van der Waals surface area contributed by atoms with Gasteiger partial charge in [0.05, 0.1) is 6.54 Å². The molecule has 1 fully saturated rings. The zero-order valence-electron chi connectivity index (χ0n) is 8.80. The lowest BCUT2D eigenvalue weighted by Gasteiger charge is -2.31. The Hall–Kier alpha value is -0.940. The normalized spacial score (nSPS) is 23.1. The van der Waals surface area contributed by atoms with E-state index < -0.39 is 0 Å². The van der Waals surface area contributed by atoms with Crippen LogP contribution in [0.5, 0.6) is 0 Å². The van der Waals surface area contributed by atoms with Gasteiger partial charge < -0.3 is 9.63 Å². The number of rotatable bonds is 4. The summed E-state index contributed by atoms with van der Waals surface area (Å²) in [7, 11) is 0. The lowest BCUT2D eigenvalue weighted by molar-refractivity contribution is 0.130. The molecule has 0 spiro atoms. The summed E-state index contributed by atoms with van der Waals surface area (Å²) in [6.07, 6.45) is 4.75. The van der Waals surface area contributed by atoms with E-state index in [0.29, 0.717) is 18.4 Å². The summed E-state index contributed by atoms with van der Waals surface area (Å²) in [5.41, 5.74) is 0. The number of aliphatic hydroxyl groups is 1. The van der Waals surface area contributed by atoms with Gasteiger partial charge in [-0.25, -0.2) is 0 Å². The quantitative estimate of drug-likeness (QED) is 0.792. The van der Waals surface area contributed by atoms with Crippen LogP contribution in [0.3, 0.4) is 0 Å². The van der Waals surface area contributed by atoms with Gasteiger partial charge in [0.2, 0.25) is 5.89 Å². The first-order valence-electron chi connectivity index (χ1n) is 5.47. The highest BCUT2D eigenvalue weighted by atomic mass is 16.5. The molecule has 1 aliphatic heterocycles. The fraction of sp³-hybridized carbons (Fsp3) is 0.800. The van der Waals surface area contributed by atoms with Gasteiger partial charge in [0.1, 0.15) is 0 Å². The Bertz CT molecular complexity index is 274. The molecule has 1 aromatic heterocycles. The second-order valence-corrected chi connectivity index (χ2v) is 4.09. The first-order chi connectivity index (χ1) is 7.38. The summed E-state index contributed by atoms with van der Waals surface area (Å²) in [6.45, 7) is 3.15. The summed E-state index contributed by atoms with van der Waals surface area (Å²) in [5.74, 6) is 1.30. The Labute approximate surface area is 89.1 Å². The van der Waals surface area contributed by atoms with Crippen molar-refractivity contribution in [2.45, 2.75) is 25.8 Å². The van der Waals surface area contributed by atoms with Crippen molar-refractivity contribution in [2.75, 3.05) is 19.7 Å². The number of hydrogen-bond donors (Lipinski definition) is 1. The lowest BCUT2D eigenvalue weighted by atomic mass is 9.95. The van der Waals surface area contributed by atoms with Crippen molar-refractivity contribution in [3.8, 4) is 0 Å². The highest BCUT2D eigenvalue weighted by Gasteiger charge is 2.20. The lowest BCUT2D eigenvalue weighted by Crippen LogP contribution is -2.35. The molecular formula is C10H17N3O2. The van der Waals surface area contributed by atoms with Crippen molar-refractivity contribution < 1.29 is 9.63 Å². The molecule has 0 radical (unpaired) electrons. The summed E-state index contributed by atoms with van der Waals surface area (Å²) < 4.78 is 4.98. The van der Waals surface area contributed by atoms with Gasteiger partial charge in [0.15, 0.2) is 6.33 Å². The first kappa shape index (κ1) is 10.6.